The van der Waals surface area contributed by atoms with Gasteiger partial charge in [-0.1, -0.05) is 37.3 Å². The van der Waals surface area contributed by atoms with E-state index in [2.05, 4.69) is 5.32 Å². The molecule has 1 heterocycles. The van der Waals surface area contributed by atoms with Crippen LogP contribution in [0.3, 0.4) is 0 Å². The highest BCUT2D eigenvalue weighted by Crippen LogP contribution is 2.34. The number of anilines is 1. The molecule has 0 bridgehead atoms. The zero-order chi connectivity index (χ0) is 20.9. The SMILES string of the molecule is CCS(=O)(=O)N(CC(=O)NC[C@@H](C)c1ccccc1)c1ccc2c(c1)OCCO2. The number of rotatable bonds is 8. The molecule has 2 aromatic rings. The zero-order valence-corrected chi connectivity index (χ0v) is 17.4. The Bertz CT molecular complexity index is 947. The van der Waals surface area contributed by atoms with Gasteiger partial charge in [0.05, 0.1) is 11.4 Å². The molecule has 3 rings (SSSR count). The summed E-state index contributed by atoms with van der Waals surface area (Å²) >= 11 is 0. The molecule has 0 fully saturated rings. The lowest BCUT2D eigenvalue weighted by Gasteiger charge is -2.26. The maximum atomic E-state index is 12.6. The fourth-order valence-electron chi connectivity index (χ4n) is 3.05. The van der Waals surface area contributed by atoms with Gasteiger partial charge < -0.3 is 14.8 Å². The van der Waals surface area contributed by atoms with Crippen LogP contribution in [0.25, 0.3) is 0 Å². The molecule has 8 heteroatoms. The van der Waals surface area contributed by atoms with Crippen LogP contribution in [0.5, 0.6) is 11.5 Å². The fourth-order valence-corrected chi connectivity index (χ4v) is 4.11. The number of hydrogen-bond acceptors (Lipinski definition) is 5. The van der Waals surface area contributed by atoms with Crippen LogP contribution in [0.15, 0.2) is 48.5 Å². The monoisotopic (exact) mass is 418 g/mol. The van der Waals surface area contributed by atoms with Crippen molar-refractivity contribution in [2.75, 3.05) is 36.4 Å². The summed E-state index contributed by atoms with van der Waals surface area (Å²) in [5.74, 6) is 0.679. The van der Waals surface area contributed by atoms with Gasteiger partial charge in [-0.25, -0.2) is 8.42 Å². The first-order chi connectivity index (χ1) is 13.9. The maximum Gasteiger partial charge on any atom is 0.240 e. The number of benzene rings is 2. The molecule has 1 amide bonds. The molecule has 1 aliphatic heterocycles. The van der Waals surface area contributed by atoms with Crippen molar-refractivity contribution in [1.29, 1.82) is 0 Å². The second-order valence-electron chi connectivity index (χ2n) is 6.85. The lowest BCUT2D eigenvalue weighted by atomic mass is 10.0. The highest BCUT2D eigenvalue weighted by atomic mass is 32.2. The van der Waals surface area contributed by atoms with E-state index in [4.69, 9.17) is 9.47 Å². The van der Waals surface area contributed by atoms with E-state index in [9.17, 15) is 13.2 Å². The van der Waals surface area contributed by atoms with Crippen molar-refractivity contribution in [3.05, 3.63) is 54.1 Å². The van der Waals surface area contributed by atoms with Crippen LogP contribution < -0.4 is 19.1 Å². The van der Waals surface area contributed by atoms with Crippen LogP contribution >= 0.6 is 0 Å². The van der Waals surface area contributed by atoms with Gasteiger partial charge in [0.25, 0.3) is 0 Å². The lowest BCUT2D eigenvalue weighted by molar-refractivity contribution is -0.119. The molecule has 1 N–H and O–H groups in total. The molecule has 1 aliphatic rings. The standard InChI is InChI=1S/C21H26N2O5S/c1-3-29(25,26)23(18-9-10-19-20(13-18)28-12-11-27-19)15-21(24)22-14-16(2)17-7-5-4-6-8-17/h4-10,13,16H,3,11-12,14-15H2,1-2H3,(H,22,24)/t16-/m1/s1. The molecular formula is C21H26N2O5S. The number of sulfonamides is 1. The number of nitrogens with one attached hydrogen (secondary N) is 1. The smallest absolute Gasteiger partial charge is 0.240 e. The van der Waals surface area contributed by atoms with E-state index in [-0.39, 0.29) is 24.1 Å². The summed E-state index contributed by atoms with van der Waals surface area (Å²) in [6.07, 6.45) is 0. The van der Waals surface area contributed by atoms with Crippen LogP contribution in [0.4, 0.5) is 5.69 Å². The minimum atomic E-state index is -3.65. The quantitative estimate of drug-likeness (QED) is 0.712. The molecule has 1 atom stereocenters. The Morgan fingerprint density at radius 3 is 2.48 bits per heavy atom. The predicted octanol–water partition coefficient (Wildman–Crippen LogP) is 2.53. The topological polar surface area (TPSA) is 84.9 Å². The largest absolute Gasteiger partial charge is 0.486 e. The van der Waals surface area contributed by atoms with E-state index >= 15 is 0 Å². The summed E-state index contributed by atoms with van der Waals surface area (Å²) in [6, 6.07) is 14.7. The predicted molar refractivity (Wildman–Crippen MR) is 112 cm³/mol. The highest BCUT2D eigenvalue weighted by Gasteiger charge is 2.25. The van der Waals surface area contributed by atoms with E-state index in [0.29, 0.717) is 36.9 Å². The fraction of sp³-hybridized carbons (Fsp3) is 0.381. The number of carbonyl (C=O) groups is 1. The molecule has 0 radical (unpaired) electrons. The average Bonchev–Trinajstić information content (AvgIpc) is 2.76. The number of carbonyl (C=O) groups excluding carboxylic acids is 1. The van der Waals surface area contributed by atoms with E-state index < -0.39 is 10.0 Å². The van der Waals surface area contributed by atoms with Crippen molar-refractivity contribution in [2.24, 2.45) is 0 Å². The van der Waals surface area contributed by atoms with Crippen LogP contribution in [0, 0.1) is 0 Å². The lowest BCUT2D eigenvalue weighted by Crippen LogP contribution is -2.42. The van der Waals surface area contributed by atoms with Crippen molar-refractivity contribution in [3.8, 4) is 11.5 Å². The number of nitrogens with zero attached hydrogens (tertiary/aromatic N) is 1. The first-order valence-electron chi connectivity index (χ1n) is 9.62. The summed E-state index contributed by atoms with van der Waals surface area (Å²) in [6.45, 7) is 4.54. The summed E-state index contributed by atoms with van der Waals surface area (Å²) in [5, 5.41) is 2.84. The van der Waals surface area contributed by atoms with Gasteiger partial charge >= 0.3 is 0 Å². The third-order valence-electron chi connectivity index (χ3n) is 4.78. The average molecular weight is 419 g/mol. The molecule has 0 aromatic heterocycles. The van der Waals surface area contributed by atoms with Gasteiger partial charge in [-0.15, -0.1) is 0 Å². The first kappa shape index (κ1) is 21.0. The normalized spacial score (nSPS) is 14.1. The highest BCUT2D eigenvalue weighted by molar-refractivity contribution is 7.92. The van der Waals surface area contributed by atoms with Gasteiger partial charge in [-0.05, 0) is 30.5 Å². The van der Waals surface area contributed by atoms with Crippen LogP contribution in [0.1, 0.15) is 25.3 Å². The second kappa shape index (κ2) is 9.17. The Morgan fingerprint density at radius 2 is 1.79 bits per heavy atom. The number of amides is 1. The van der Waals surface area contributed by atoms with Crippen molar-refractivity contribution < 1.29 is 22.7 Å². The molecule has 7 nitrogen and oxygen atoms in total. The minimum absolute atomic E-state index is 0.116. The van der Waals surface area contributed by atoms with Crippen molar-refractivity contribution >= 4 is 21.6 Å². The van der Waals surface area contributed by atoms with Gasteiger partial charge in [-0.2, -0.15) is 0 Å². The summed E-state index contributed by atoms with van der Waals surface area (Å²) < 4.78 is 37.4. The van der Waals surface area contributed by atoms with Gasteiger partial charge in [-0.3, -0.25) is 9.10 Å². The summed E-state index contributed by atoms with van der Waals surface area (Å²) in [4.78, 5) is 12.5. The van der Waals surface area contributed by atoms with Gasteiger partial charge in [0.15, 0.2) is 11.5 Å². The third-order valence-corrected chi connectivity index (χ3v) is 6.52. The van der Waals surface area contributed by atoms with E-state index in [0.717, 1.165) is 9.87 Å². The zero-order valence-electron chi connectivity index (χ0n) is 16.6. The molecule has 29 heavy (non-hydrogen) atoms. The molecule has 0 spiro atoms. The molecule has 0 aliphatic carbocycles. The maximum absolute atomic E-state index is 12.6. The Balaban J connectivity index is 1.72. The number of fused-ring (bicyclic) bond motifs is 1. The van der Waals surface area contributed by atoms with E-state index in [1.54, 1.807) is 25.1 Å². The van der Waals surface area contributed by atoms with Gasteiger partial charge in [0, 0.05) is 12.6 Å². The van der Waals surface area contributed by atoms with E-state index in [1.807, 2.05) is 37.3 Å². The Hall–Kier alpha value is -2.74. The molecule has 0 saturated heterocycles. The summed E-state index contributed by atoms with van der Waals surface area (Å²) in [7, 11) is -3.65. The van der Waals surface area contributed by atoms with Crippen LogP contribution in [0.2, 0.25) is 0 Å². The third kappa shape index (κ3) is 5.20. The summed E-state index contributed by atoms with van der Waals surface area (Å²) in [5.41, 5.74) is 1.49. The molecule has 156 valence electrons. The van der Waals surface area contributed by atoms with Gasteiger partial charge in [0.2, 0.25) is 15.9 Å². The Kier molecular flexibility index (Phi) is 6.64. The van der Waals surface area contributed by atoms with Crippen molar-refractivity contribution in [2.45, 2.75) is 19.8 Å². The van der Waals surface area contributed by atoms with Crippen LogP contribution in [-0.4, -0.2) is 46.4 Å². The molecule has 0 unspecified atom stereocenters. The Morgan fingerprint density at radius 1 is 1.10 bits per heavy atom. The Labute approximate surface area is 171 Å². The number of ether oxygens (including phenoxy) is 2. The van der Waals surface area contributed by atoms with Crippen LogP contribution in [-0.2, 0) is 14.8 Å². The first-order valence-corrected chi connectivity index (χ1v) is 11.2. The van der Waals surface area contributed by atoms with Gasteiger partial charge in [0.1, 0.15) is 19.8 Å². The minimum Gasteiger partial charge on any atom is -0.486 e. The van der Waals surface area contributed by atoms with E-state index in [1.165, 1.54) is 0 Å². The molecule has 0 saturated carbocycles. The molecule has 2 aromatic carbocycles. The molecular weight excluding hydrogens is 392 g/mol. The van der Waals surface area contributed by atoms with Crippen molar-refractivity contribution in [1.82, 2.24) is 5.32 Å². The second-order valence-corrected chi connectivity index (χ2v) is 9.03. The number of hydrogen-bond donors (Lipinski definition) is 1. The van der Waals surface area contributed by atoms with Crippen molar-refractivity contribution in [3.63, 3.8) is 0 Å².